The van der Waals surface area contributed by atoms with Gasteiger partial charge in [-0.1, -0.05) is 5.16 Å². The summed E-state index contributed by atoms with van der Waals surface area (Å²) in [6.45, 7) is 2.14. The number of halogens is 1. The predicted molar refractivity (Wildman–Crippen MR) is 73.9 cm³/mol. The van der Waals surface area contributed by atoms with Gasteiger partial charge in [0, 0.05) is 17.1 Å². The minimum atomic E-state index is -0.304. The summed E-state index contributed by atoms with van der Waals surface area (Å²) < 4.78 is 11.1. The third-order valence-electron chi connectivity index (χ3n) is 2.92. The fraction of sp³-hybridized carbons (Fsp3) is 0.231. The summed E-state index contributed by atoms with van der Waals surface area (Å²) >= 11 is 3.44. The molecule has 0 aliphatic rings. The first-order chi connectivity index (χ1) is 9.20. The van der Waals surface area contributed by atoms with Gasteiger partial charge in [0.25, 0.3) is 0 Å². The number of H-pyrrole nitrogens is 1. The SMILES string of the molecule is CCOC(=O)Cc1noc2c(Br)cc3[nH]ccc3c12. The van der Waals surface area contributed by atoms with Crippen molar-refractivity contribution in [3.05, 3.63) is 28.5 Å². The van der Waals surface area contributed by atoms with Gasteiger partial charge < -0.3 is 14.2 Å². The monoisotopic (exact) mass is 322 g/mol. The van der Waals surface area contributed by atoms with Crippen molar-refractivity contribution in [2.45, 2.75) is 13.3 Å². The molecule has 2 heterocycles. The van der Waals surface area contributed by atoms with Gasteiger partial charge in [0.05, 0.1) is 22.9 Å². The topological polar surface area (TPSA) is 68.1 Å². The van der Waals surface area contributed by atoms with E-state index in [0.717, 1.165) is 20.8 Å². The summed E-state index contributed by atoms with van der Waals surface area (Å²) in [6.07, 6.45) is 1.95. The van der Waals surface area contributed by atoms with Crippen LogP contribution in [0, 0.1) is 0 Å². The van der Waals surface area contributed by atoms with E-state index in [4.69, 9.17) is 9.26 Å². The Morgan fingerprint density at radius 3 is 3.21 bits per heavy atom. The summed E-state index contributed by atoms with van der Waals surface area (Å²) in [4.78, 5) is 14.7. The minimum absolute atomic E-state index is 0.109. The smallest absolute Gasteiger partial charge is 0.312 e. The standard InChI is InChI=1S/C13H11BrN2O3/c1-2-18-11(17)6-10-12-7-3-4-15-9(7)5-8(14)13(12)19-16-10/h3-5,15H,2,6H2,1H3. The Balaban J connectivity index is 2.17. The fourth-order valence-electron chi connectivity index (χ4n) is 2.15. The Labute approximate surface area is 117 Å². The second kappa shape index (κ2) is 4.70. The van der Waals surface area contributed by atoms with Crippen molar-refractivity contribution in [1.29, 1.82) is 0 Å². The predicted octanol–water partition coefficient (Wildman–Crippen LogP) is 3.18. The molecule has 0 atom stereocenters. The number of nitrogens with zero attached hydrogens (tertiary/aromatic N) is 1. The zero-order chi connectivity index (χ0) is 13.4. The van der Waals surface area contributed by atoms with Crippen LogP contribution < -0.4 is 0 Å². The van der Waals surface area contributed by atoms with E-state index in [1.165, 1.54) is 0 Å². The quantitative estimate of drug-likeness (QED) is 0.752. The molecule has 0 spiro atoms. The van der Waals surface area contributed by atoms with Crippen molar-refractivity contribution in [1.82, 2.24) is 10.1 Å². The maximum atomic E-state index is 11.6. The summed E-state index contributed by atoms with van der Waals surface area (Å²) in [5.74, 6) is -0.304. The van der Waals surface area contributed by atoms with Gasteiger partial charge >= 0.3 is 5.97 Å². The number of esters is 1. The number of benzene rings is 1. The largest absolute Gasteiger partial charge is 0.466 e. The zero-order valence-corrected chi connectivity index (χ0v) is 11.8. The molecule has 2 aromatic heterocycles. The van der Waals surface area contributed by atoms with Crippen LogP contribution in [0.3, 0.4) is 0 Å². The van der Waals surface area contributed by atoms with E-state index >= 15 is 0 Å². The third-order valence-corrected chi connectivity index (χ3v) is 3.51. The molecular formula is C13H11BrN2O3. The van der Waals surface area contributed by atoms with Crippen molar-refractivity contribution < 1.29 is 14.1 Å². The van der Waals surface area contributed by atoms with Crippen LogP contribution in [-0.4, -0.2) is 22.7 Å². The Morgan fingerprint density at radius 2 is 2.42 bits per heavy atom. The van der Waals surface area contributed by atoms with Crippen LogP contribution in [0.25, 0.3) is 21.9 Å². The van der Waals surface area contributed by atoms with Gasteiger partial charge in [0.2, 0.25) is 0 Å². The fourth-order valence-corrected chi connectivity index (χ4v) is 2.64. The van der Waals surface area contributed by atoms with Crippen LogP contribution in [0.5, 0.6) is 0 Å². The number of carbonyl (C=O) groups excluding carboxylic acids is 1. The first-order valence-electron chi connectivity index (χ1n) is 5.90. The number of carbonyl (C=O) groups is 1. The highest BCUT2D eigenvalue weighted by Crippen LogP contribution is 2.33. The van der Waals surface area contributed by atoms with Gasteiger partial charge in [0.15, 0.2) is 5.58 Å². The molecule has 0 unspecified atom stereocenters. The third kappa shape index (κ3) is 2.02. The molecule has 0 amide bonds. The van der Waals surface area contributed by atoms with E-state index in [9.17, 15) is 4.79 Å². The second-order valence-electron chi connectivity index (χ2n) is 4.11. The Morgan fingerprint density at radius 1 is 1.58 bits per heavy atom. The van der Waals surface area contributed by atoms with Crippen molar-refractivity contribution >= 4 is 43.8 Å². The van der Waals surface area contributed by atoms with Crippen molar-refractivity contribution in [3.8, 4) is 0 Å². The minimum Gasteiger partial charge on any atom is -0.466 e. The van der Waals surface area contributed by atoms with Crippen LogP contribution in [0.1, 0.15) is 12.6 Å². The molecule has 1 N–H and O–H groups in total. The number of rotatable bonds is 3. The van der Waals surface area contributed by atoms with Crippen LogP contribution in [0.2, 0.25) is 0 Å². The molecule has 5 nitrogen and oxygen atoms in total. The molecule has 0 bridgehead atoms. The molecule has 0 radical (unpaired) electrons. The second-order valence-corrected chi connectivity index (χ2v) is 4.97. The van der Waals surface area contributed by atoms with Crippen molar-refractivity contribution in [2.75, 3.05) is 6.61 Å². The Kier molecular flexibility index (Phi) is 3.02. The number of aromatic nitrogens is 2. The molecular weight excluding hydrogens is 312 g/mol. The molecule has 0 fully saturated rings. The summed E-state index contributed by atoms with van der Waals surface area (Å²) in [6, 6.07) is 3.87. The van der Waals surface area contributed by atoms with Crippen molar-refractivity contribution in [2.24, 2.45) is 0 Å². The molecule has 0 saturated carbocycles. The molecule has 1 aromatic carbocycles. The molecule has 0 aliphatic carbocycles. The van der Waals surface area contributed by atoms with E-state index in [2.05, 4.69) is 26.1 Å². The van der Waals surface area contributed by atoms with Gasteiger partial charge in [-0.2, -0.15) is 0 Å². The lowest BCUT2D eigenvalue weighted by atomic mass is 10.1. The highest BCUT2D eigenvalue weighted by molar-refractivity contribution is 9.10. The molecule has 6 heteroatoms. The van der Waals surface area contributed by atoms with E-state index in [0.29, 0.717) is 17.9 Å². The normalized spacial score (nSPS) is 11.3. The molecule has 98 valence electrons. The maximum absolute atomic E-state index is 11.6. The van der Waals surface area contributed by atoms with E-state index in [1.807, 2.05) is 18.3 Å². The number of ether oxygens (including phenoxy) is 1. The number of nitrogens with one attached hydrogen (secondary N) is 1. The zero-order valence-electron chi connectivity index (χ0n) is 10.2. The molecule has 3 aromatic rings. The van der Waals surface area contributed by atoms with Crippen LogP contribution in [-0.2, 0) is 16.0 Å². The molecule has 3 rings (SSSR count). The lowest BCUT2D eigenvalue weighted by molar-refractivity contribution is -0.142. The van der Waals surface area contributed by atoms with Gasteiger partial charge in [-0.15, -0.1) is 0 Å². The summed E-state index contributed by atoms with van der Waals surface area (Å²) in [5, 5.41) is 5.82. The van der Waals surface area contributed by atoms with E-state index in [1.54, 1.807) is 6.92 Å². The highest BCUT2D eigenvalue weighted by atomic mass is 79.9. The van der Waals surface area contributed by atoms with Crippen LogP contribution in [0.15, 0.2) is 27.3 Å². The van der Waals surface area contributed by atoms with Gasteiger partial charge in [-0.25, -0.2) is 0 Å². The first-order valence-corrected chi connectivity index (χ1v) is 6.69. The lowest BCUT2D eigenvalue weighted by Crippen LogP contribution is -2.07. The molecule has 19 heavy (non-hydrogen) atoms. The summed E-state index contributed by atoms with van der Waals surface area (Å²) in [7, 11) is 0. The van der Waals surface area contributed by atoms with Crippen LogP contribution >= 0.6 is 15.9 Å². The van der Waals surface area contributed by atoms with Gasteiger partial charge in [-0.05, 0) is 35.0 Å². The number of fused-ring (bicyclic) bond motifs is 3. The van der Waals surface area contributed by atoms with Crippen LogP contribution in [0.4, 0.5) is 0 Å². The molecule has 0 aliphatic heterocycles. The van der Waals surface area contributed by atoms with Crippen molar-refractivity contribution in [3.63, 3.8) is 0 Å². The van der Waals surface area contributed by atoms with Gasteiger partial charge in [0.1, 0.15) is 5.69 Å². The highest BCUT2D eigenvalue weighted by Gasteiger charge is 2.18. The Hall–Kier alpha value is -1.82. The molecule has 0 saturated heterocycles. The summed E-state index contributed by atoms with van der Waals surface area (Å²) in [5.41, 5.74) is 2.21. The Bertz CT molecular complexity index is 760. The number of hydrogen-bond donors (Lipinski definition) is 1. The van der Waals surface area contributed by atoms with E-state index in [-0.39, 0.29) is 12.4 Å². The average Bonchev–Trinajstić information content (AvgIpc) is 2.96. The maximum Gasteiger partial charge on any atom is 0.312 e. The first kappa shape index (κ1) is 12.2. The lowest BCUT2D eigenvalue weighted by Gasteiger charge is -2.00. The number of aromatic amines is 1. The average molecular weight is 323 g/mol. The van der Waals surface area contributed by atoms with Gasteiger partial charge in [-0.3, -0.25) is 4.79 Å². The number of hydrogen-bond acceptors (Lipinski definition) is 4. The van der Waals surface area contributed by atoms with E-state index < -0.39 is 0 Å².